The van der Waals surface area contributed by atoms with Gasteiger partial charge >= 0.3 is 0 Å². The molecule has 3 nitrogen and oxygen atoms in total. The minimum Gasteiger partial charge on any atom is -0.359 e. The Kier molecular flexibility index (Phi) is 2.35. The number of ether oxygens (including phenoxy) is 1. The van der Waals surface area contributed by atoms with Crippen LogP contribution >= 0.6 is 0 Å². The summed E-state index contributed by atoms with van der Waals surface area (Å²) in [5, 5.41) is 6.83. The van der Waals surface area contributed by atoms with Crippen LogP contribution in [0.4, 0.5) is 0 Å². The molecule has 0 bridgehead atoms. The molecule has 1 aliphatic carbocycles. The van der Waals surface area contributed by atoms with Gasteiger partial charge in [-0.25, -0.2) is 0 Å². The summed E-state index contributed by atoms with van der Waals surface area (Å²) in [6.07, 6.45) is 4.49. The molecular formula is C9H18N2O. The Labute approximate surface area is 73.9 Å². The predicted molar refractivity (Wildman–Crippen MR) is 48.0 cm³/mol. The molecule has 0 aromatic heterocycles. The lowest BCUT2D eigenvalue weighted by Crippen LogP contribution is -2.51. The van der Waals surface area contributed by atoms with Gasteiger partial charge in [0.05, 0.1) is 12.1 Å². The Balaban J connectivity index is 2.02. The van der Waals surface area contributed by atoms with Crippen molar-refractivity contribution in [3.05, 3.63) is 0 Å². The third kappa shape index (κ3) is 1.37. The van der Waals surface area contributed by atoms with Crippen molar-refractivity contribution < 1.29 is 4.74 Å². The number of hydrogen-bond donors (Lipinski definition) is 2. The van der Waals surface area contributed by atoms with Gasteiger partial charge in [-0.2, -0.15) is 0 Å². The van der Waals surface area contributed by atoms with Crippen LogP contribution in [-0.2, 0) is 4.74 Å². The molecule has 0 aromatic carbocycles. The lowest BCUT2D eigenvalue weighted by atomic mass is 9.88. The molecule has 70 valence electrons. The van der Waals surface area contributed by atoms with Gasteiger partial charge in [-0.15, -0.1) is 0 Å². The molecule has 1 saturated carbocycles. The predicted octanol–water partition coefficient (Wildman–Crippen LogP) is 0.461. The third-order valence-corrected chi connectivity index (χ3v) is 3.01. The number of rotatable bonds is 1. The fourth-order valence-corrected chi connectivity index (χ4v) is 2.43. The maximum Gasteiger partial charge on any atom is 0.106 e. The van der Waals surface area contributed by atoms with E-state index in [0.717, 1.165) is 0 Å². The van der Waals surface area contributed by atoms with E-state index in [9.17, 15) is 0 Å². The molecule has 2 N–H and O–H groups in total. The zero-order valence-corrected chi connectivity index (χ0v) is 7.84. The van der Waals surface area contributed by atoms with E-state index >= 15 is 0 Å². The molecule has 0 radical (unpaired) electrons. The largest absolute Gasteiger partial charge is 0.359 e. The quantitative estimate of drug-likeness (QED) is 0.600. The van der Waals surface area contributed by atoms with Gasteiger partial charge in [0, 0.05) is 6.04 Å². The summed E-state index contributed by atoms with van der Waals surface area (Å²) in [5.41, 5.74) is 0. The van der Waals surface area contributed by atoms with Gasteiger partial charge < -0.3 is 10.1 Å². The molecule has 1 saturated heterocycles. The first kappa shape index (κ1) is 8.48. The fraction of sp³-hybridized carbons (Fsp3) is 1.00. The topological polar surface area (TPSA) is 33.3 Å². The Bertz CT molecular complexity index is 157. The van der Waals surface area contributed by atoms with E-state index in [0.29, 0.717) is 18.2 Å². The summed E-state index contributed by atoms with van der Waals surface area (Å²) in [4.78, 5) is 0. The maximum absolute atomic E-state index is 5.75. The first-order valence-electron chi connectivity index (χ1n) is 4.90. The summed E-state index contributed by atoms with van der Waals surface area (Å²) in [5.74, 6) is 0. The summed E-state index contributed by atoms with van der Waals surface area (Å²) < 4.78 is 5.75. The van der Waals surface area contributed by atoms with E-state index in [4.69, 9.17) is 4.74 Å². The van der Waals surface area contributed by atoms with Crippen molar-refractivity contribution in [3.63, 3.8) is 0 Å². The standard InChI is InChI=1S/C9H18N2O/c1-6-11-9-7(10-2)4-3-5-8(9)12-6/h6-11H,3-5H2,1-2H3. The van der Waals surface area contributed by atoms with Crippen LogP contribution in [0.3, 0.4) is 0 Å². The molecule has 2 aliphatic rings. The number of fused-ring (bicyclic) bond motifs is 1. The van der Waals surface area contributed by atoms with Crippen LogP contribution in [0.5, 0.6) is 0 Å². The van der Waals surface area contributed by atoms with Crippen molar-refractivity contribution in [3.8, 4) is 0 Å². The van der Waals surface area contributed by atoms with Gasteiger partial charge in [0.25, 0.3) is 0 Å². The minimum absolute atomic E-state index is 0.244. The Hall–Kier alpha value is -0.120. The Morgan fingerprint density at radius 1 is 1.42 bits per heavy atom. The molecule has 4 atom stereocenters. The summed E-state index contributed by atoms with van der Waals surface area (Å²) in [7, 11) is 2.04. The second-order valence-electron chi connectivity index (χ2n) is 3.84. The number of likely N-dealkylation sites (N-methyl/N-ethyl adjacent to an activating group) is 1. The number of nitrogens with one attached hydrogen (secondary N) is 2. The molecule has 0 spiro atoms. The smallest absolute Gasteiger partial charge is 0.106 e. The average Bonchev–Trinajstić information content (AvgIpc) is 2.44. The van der Waals surface area contributed by atoms with Gasteiger partial charge in [-0.1, -0.05) is 0 Å². The highest BCUT2D eigenvalue weighted by atomic mass is 16.5. The summed E-state index contributed by atoms with van der Waals surface area (Å²) >= 11 is 0. The molecule has 3 heteroatoms. The van der Waals surface area contributed by atoms with E-state index in [1.165, 1.54) is 19.3 Å². The average molecular weight is 170 g/mol. The lowest BCUT2D eigenvalue weighted by Gasteiger charge is -2.31. The minimum atomic E-state index is 0.244. The van der Waals surface area contributed by atoms with Crippen LogP contribution in [0.2, 0.25) is 0 Å². The highest BCUT2D eigenvalue weighted by Gasteiger charge is 2.39. The molecule has 0 amide bonds. The van der Waals surface area contributed by atoms with E-state index in [1.807, 2.05) is 7.05 Å². The first-order valence-corrected chi connectivity index (χ1v) is 4.90. The van der Waals surface area contributed by atoms with E-state index in [1.54, 1.807) is 0 Å². The van der Waals surface area contributed by atoms with Crippen LogP contribution in [0.15, 0.2) is 0 Å². The van der Waals surface area contributed by atoms with Gasteiger partial charge in [-0.3, -0.25) is 5.32 Å². The van der Waals surface area contributed by atoms with Gasteiger partial charge in [0.15, 0.2) is 0 Å². The lowest BCUT2D eigenvalue weighted by molar-refractivity contribution is 0.0309. The summed E-state index contributed by atoms with van der Waals surface area (Å²) in [6.45, 7) is 2.09. The molecule has 4 unspecified atom stereocenters. The zero-order chi connectivity index (χ0) is 8.55. The van der Waals surface area contributed by atoms with Crippen molar-refractivity contribution in [1.82, 2.24) is 10.6 Å². The van der Waals surface area contributed by atoms with E-state index in [2.05, 4.69) is 17.6 Å². The van der Waals surface area contributed by atoms with Crippen LogP contribution < -0.4 is 10.6 Å². The third-order valence-electron chi connectivity index (χ3n) is 3.01. The van der Waals surface area contributed by atoms with Crippen molar-refractivity contribution in [2.24, 2.45) is 0 Å². The Morgan fingerprint density at radius 3 is 3.00 bits per heavy atom. The molecule has 2 fully saturated rings. The Morgan fingerprint density at radius 2 is 2.25 bits per heavy atom. The zero-order valence-electron chi connectivity index (χ0n) is 7.84. The first-order chi connectivity index (χ1) is 5.81. The summed E-state index contributed by atoms with van der Waals surface area (Å²) in [6, 6.07) is 1.15. The molecule has 0 aromatic rings. The SMILES string of the molecule is CNC1CCCC2OC(C)NC12. The second kappa shape index (κ2) is 3.32. The van der Waals surface area contributed by atoms with Crippen molar-refractivity contribution >= 4 is 0 Å². The van der Waals surface area contributed by atoms with Crippen molar-refractivity contribution in [2.45, 2.75) is 50.6 Å². The maximum atomic E-state index is 5.75. The van der Waals surface area contributed by atoms with Crippen molar-refractivity contribution in [2.75, 3.05) is 7.05 Å². The van der Waals surface area contributed by atoms with Gasteiger partial charge in [-0.05, 0) is 33.2 Å². The van der Waals surface area contributed by atoms with Crippen LogP contribution in [0, 0.1) is 0 Å². The van der Waals surface area contributed by atoms with Crippen LogP contribution in [-0.4, -0.2) is 31.5 Å². The number of hydrogen-bond acceptors (Lipinski definition) is 3. The molecular weight excluding hydrogens is 152 g/mol. The molecule has 1 aliphatic heterocycles. The van der Waals surface area contributed by atoms with Gasteiger partial charge in [0.1, 0.15) is 6.23 Å². The molecule has 2 rings (SSSR count). The van der Waals surface area contributed by atoms with Crippen LogP contribution in [0.1, 0.15) is 26.2 Å². The molecule has 12 heavy (non-hydrogen) atoms. The fourth-order valence-electron chi connectivity index (χ4n) is 2.43. The van der Waals surface area contributed by atoms with Crippen LogP contribution in [0.25, 0.3) is 0 Å². The van der Waals surface area contributed by atoms with E-state index < -0.39 is 0 Å². The normalized spacial score (nSPS) is 47.5. The highest BCUT2D eigenvalue weighted by molar-refractivity contribution is 4.96. The monoisotopic (exact) mass is 170 g/mol. The van der Waals surface area contributed by atoms with Gasteiger partial charge in [0.2, 0.25) is 0 Å². The highest BCUT2D eigenvalue weighted by Crippen LogP contribution is 2.26. The van der Waals surface area contributed by atoms with E-state index in [-0.39, 0.29) is 6.23 Å². The molecule has 1 heterocycles. The van der Waals surface area contributed by atoms with Crippen molar-refractivity contribution in [1.29, 1.82) is 0 Å². The second-order valence-corrected chi connectivity index (χ2v) is 3.84.